The van der Waals surface area contributed by atoms with Crippen molar-refractivity contribution in [3.63, 3.8) is 0 Å². The van der Waals surface area contributed by atoms with Crippen LogP contribution in [0.25, 0.3) is 0 Å². The molecule has 1 fully saturated rings. The number of benzene rings is 1. The maximum Gasteiger partial charge on any atom is 0.304 e. The zero-order valence-electron chi connectivity index (χ0n) is 10.7. The average molecular weight is 326 g/mol. The van der Waals surface area contributed by atoms with Crippen LogP contribution in [0.4, 0.5) is 0 Å². The van der Waals surface area contributed by atoms with Crippen LogP contribution in [0, 0.1) is 0 Å². The third-order valence-corrected chi connectivity index (χ3v) is 4.27. The average Bonchev–Trinajstić information content (AvgIpc) is 2.74. The summed E-state index contributed by atoms with van der Waals surface area (Å²) in [5, 5.41) is 9.17. The number of nitrogens with zero attached hydrogens (tertiary/aromatic N) is 1. The number of carboxylic acids is 1. The molecule has 1 aliphatic rings. The van der Waals surface area contributed by atoms with Gasteiger partial charge in [0.15, 0.2) is 0 Å². The maximum absolute atomic E-state index is 11.5. The number of halogens is 1. The fourth-order valence-corrected chi connectivity index (χ4v) is 2.98. The van der Waals surface area contributed by atoms with Crippen LogP contribution in [0.2, 0.25) is 0 Å². The Morgan fingerprint density at radius 3 is 2.47 bits per heavy atom. The Morgan fingerprint density at radius 2 is 2.00 bits per heavy atom. The van der Waals surface area contributed by atoms with E-state index in [1.54, 1.807) is 4.90 Å². The molecule has 0 radical (unpaired) electrons. The quantitative estimate of drug-likeness (QED) is 0.928. The summed E-state index contributed by atoms with van der Waals surface area (Å²) in [6.07, 6.45) is 0.749. The van der Waals surface area contributed by atoms with Crippen molar-refractivity contribution >= 4 is 27.8 Å². The maximum atomic E-state index is 11.5. The van der Waals surface area contributed by atoms with Crippen LogP contribution < -0.4 is 0 Å². The molecule has 1 aliphatic heterocycles. The van der Waals surface area contributed by atoms with E-state index in [0.29, 0.717) is 19.5 Å². The molecule has 1 atom stereocenters. The van der Waals surface area contributed by atoms with Gasteiger partial charge in [-0.25, -0.2) is 0 Å². The molecule has 0 bridgehead atoms. The summed E-state index contributed by atoms with van der Waals surface area (Å²) < 4.78 is 0.961. The highest BCUT2D eigenvalue weighted by Crippen LogP contribution is 2.38. The van der Waals surface area contributed by atoms with Crippen molar-refractivity contribution < 1.29 is 14.7 Å². The van der Waals surface area contributed by atoms with E-state index >= 15 is 0 Å². The van der Waals surface area contributed by atoms with Crippen LogP contribution in [-0.2, 0) is 15.0 Å². The smallest absolute Gasteiger partial charge is 0.304 e. The van der Waals surface area contributed by atoms with E-state index in [4.69, 9.17) is 5.11 Å². The molecule has 102 valence electrons. The monoisotopic (exact) mass is 325 g/mol. The Bertz CT molecular complexity index is 500. The molecule has 19 heavy (non-hydrogen) atoms. The second-order valence-corrected chi connectivity index (χ2v) is 5.96. The van der Waals surface area contributed by atoms with Gasteiger partial charge in [0.25, 0.3) is 0 Å². The molecule has 1 heterocycles. The first kappa shape index (κ1) is 14.1. The van der Waals surface area contributed by atoms with Crippen molar-refractivity contribution in [1.29, 1.82) is 0 Å². The molecule has 1 aromatic rings. The van der Waals surface area contributed by atoms with Crippen molar-refractivity contribution in [1.82, 2.24) is 4.90 Å². The molecule has 1 saturated heterocycles. The van der Waals surface area contributed by atoms with E-state index in [-0.39, 0.29) is 12.3 Å². The van der Waals surface area contributed by atoms with Crippen molar-refractivity contribution in [2.45, 2.75) is 25.2 Å². The summed E-state index contributed by atoms with van der Waals surface area (Å²) in [6, 6.07) is 7.71. The second-order valence-electron chi connectivity index (χ2n) is 5.05. The first-order chi connectivity index (χ1) is 8.93. The lowest BCUT2D eigenvalue weighted by Gasteiger charge is -2.28. The summed E-state index contributed by atoms with van der Waals surface area (Å²) in [4.78, 5) is 24.4. The minimum absolute atomic E-state index is 0.00405. The van der Waals surface area contributed by atoms with Gasteiger partial charge in [-0.2, -0.15) is 0 Å². The summed E-state index contributed by atoms with van der Waals surface area (Å²) in [6.45, 7) is 2.63. The van der Waals surface area contributed by atoms with Crippen molar-refractivity contribution in [3.8, 4) is 0 Å². The number of carbonyl (C=O) groups excluding carboxylic acids is 1. The third kappa shape index (κ3) is 2.97. The highest BCUT2D eigenvalue weighted by atomic mass is 79.9. The largest absolute Gasteiger partial charge is 0.481 e. The minimum Gasteiger partial charge on any atom is -0.481 e. The molecule has 0 aromatic heterocycles. The normalized spacial score (nSPS) is 22.5. The van der Waals surface area contributed by atoms with Crippen LogP contribution in [-0.4, -0.2) is 35.0 Å². The van der Waals surface area contributed by atoms with Crippen molar-refractivity contribution in [2.24, 2.45) is 0 Å². The molecule has 1 N–H and O–H groups in total. The number of carboxylic acid groups (broad SMARTS) is 1. The first-order valence-corrected chi connectivity index (χ1v) is 6.96. The second kappa shape index (κ2) is 5.33. The van der Waals surface area contributed by atoms with Gasteiger partial charge >= 0.3 is 5.97 Å². The van der Waals surface area contributed by atoms with Crippen LogP contribution in [0.15, 0.2) is 28.7 Å². The fourth-order valence-electron chi connectivity index (χ4n) is 2.72. The van der Waals surface area contributed by atoms with Gasteiger partial charge in [-0.15, -0.1) is 0 Å². The first-order valence-electron chi connectivity index (χ1n) is 6.16. The molecule has 1 aromatic carbocycles. The number of rotatable bonds is 3. The van der Waals surface area contributed by atoms with Crippen molar-refractivity contribution in [3.05, 3.63) is 34.3 Å². The van der Waals surface area contributed by atoms with Gasteiger partial charge in [-0.3, -0.25) is 9.59 Å². The molecular formula is C14H16BrNO3. The SMILES string of the molecule is CC(=O)N1CCC(CC(=O)O)(c2ccc(Br)cc2)C1. The van der Waals surface area contributed by atoms with E-state index < -0.39 is 11.4 Å². The standard InChI is InChI=1S/C14H16BrNO3/c1-10(17)16-7-6-14(9-16,8-13(18)19)11-2-4-12(15)5-3-11/h2-5H,6-9H2,1H3,(H,18,19). The van der Waals surface area contributed by atoms with Crippen molar-refractivity contribution in [2.75, 3.05) is 13.1 Å². The van der Waals surface area contributed by atoms with Gasteiger partial charge in [0.2, 0.25) is 5.91 Å². The van der Waals surface area contributed by atoms with Gasteiger partial charge in [0.1, 0.15) is 0 Å². The van der Waals surface area contributed by atoms with Crippen LogP contribution >= 0.6 is 15.9 Å². The molecule has 1 unspecified atom stereocenters. The molecule has 4 nitrogen and oxygen atoms in total. The summed E-state index contributed by atoms with van der Waals surface area (Å²) >= 11 is 3.38. The molecule has 0 saturated carbocycles. The summed E-state index contributed by atoms with van der Waals surface area (Å²) in [5.74, 6) is -0.822. The lowest BCUT2D eigenvalue weighted by atomic mass is 9.77. The summed E-state index contributed by atoms with van der Waals surface area (Å²) in [7, 11) is 0. The molecule has 1 amide bonds. The van der Waals surface area contributed by atoms with Crippen LogP contribution in [0.3, 0.4) is 0 Å². The van der Waals surface area contributed by atoms with E-state index in [2.05, 4.69) is 15.9 Å². The van der Waals surface area contributed by atoms with E-state index in [1.807, 2.05) is 24.3 Å². The lowest BCUT2D eigenvalue weighted by Crippen LogP contribution is -2.35. The highest BCUT2D eigenvalue weighted by Gasteiger charge is 2.42. The Hall–Kier alpha value is -1.36. The molecular weight excluding hydrogens is 310 g/mol. The van der Waals surface area contributed by atoms with E-state index in [1.165, 1.54) is 6.92 Å². The highest BCUT2D eigenvalue weighted by molar-refractivity contribution is 9.10. The predicted molar refractivity (Wildman–Crippen MR) is 74.9 cm³/mol. The zero-order valence-corrected chi connectivity index (χ0v) is 12.3. The summed E-state index contributed by atoms with van der Waals surface area (Å²) in [5.41, 5.74) is 0.528. The van der Waals surface area contributed by atoms with E-state index in [9.17, 15) is 9.59 Å². The van der Waals surface area contributed by atoms with Gasteiger partial charge in [-0.05, 0) is 24.1 Å². The number of carbonyl (C=O) groups is 2. The number of hydrogen-bond acceptors (Lipinski definition) is 2. The third-order valence-electron chi connectivity index (χ3n) is 3.75. The fraction of sp³-hybridized carbons (Fsp3) is 0.429. The predicted octanol–water partition coefficient (Wildman–Crippen LogP) is 2.41. The Labute approximate surface area is 120 Å². The van der Waals surface area contributed by atoms with Gasteiger partial charge in [-0.1, -0.05) is 28.1 Å². The number of hydrogen-bond donors (Lipinski definition) is 1. The van der Waals surface area contributed by atoms with Crippen LogP contribution in [0.5, 0.6) is 0 Å². The van der Waals surface area contributed by atoms with Gasteiger partial charge in [0.05, 0.1) is 6.42 Å². The van der Waals surface area contributed by atoms with E-state index in [0.717, 1.165) is 10.0 Å². The molecule has 0 aliphatic carbocycles. The molecule has 2 rings (SSSR count). The molecule has 0 spiro atoms. The Balaban J connectivity index is 2.33. The zero-order chi connectivity index (χ0) is 14.0. The topological polar surface area (TPSA) is 57.6 Å². The Morgan fingerprint density at radius 1 is 1.37 bits per heavy atom. The number of aliphatic carboxylic acids is 1. The minimum atomic E-state index is -0.826. The van der Waals surface area contributed by atoms with Gasteiger partial charge < -0.3 is 10.0 Å². The number of likely N-dealkylation sites (tertiary alicyclic amines) is 1. The Kier molecular flexibility index (Phi) is 3.94. The van der Waals surface area contributed by atoms with Gasteiger partial charge in [0, 0.05) is 29.9 Å². The number of amides is 1. The lowest BCUT2D eigenvalue weighted by molar-refractivity contribution is -0.139. The molecule has 5 heteroatoms. The van der Waals surface area contributed by atoms with Crippen LogP contribution in [0.1, 0.15) is 25.3 Å².